The fourth-order valence-corrected chi connectivity index (χ4v) is 2.89. The van der Waals surface area contributed by atoms with E-state index < -0.39 is 0 Å². The van der Waals surface area contributed by atoms with Crippen molar-refractivity contribution in [2.45, 2.75) is 40.5 Å². The molecular weight excluding hydrogens is 368 g/mol. The molecule has 2 heterocycles. The molecule has 0 spiro atoms. The first-order valence-corrected chi connectivity index (χ1v) is 9.00. The molecule has 0 aliphatic carbocycles. The first-order chi connectivity index (χ1) is 13.0. The van der Waals surface area contributed by atoms with Crippen LogP contribution in [0.25, 0.3) is 0 Å². The maximum absolute atomic E-state index is 12.6. The molecule has 0 atom stereocenters. The molecule has 1 aromatic carbocycles. The summed E-state index contributed by atoms with van der Waals surface area (Å²) in [5, 5.41) is 11.4. The van der Waals surface area contributed by atoms with E-state index in [2.05, 4.69) is 15.6 Å². The van der Waals surface area contributed by atoms with Gasteiger partial charge in [0, 0.05) is 6.54 Å². The Hall–Kier alpha value is -2.80. The lowest BCUT2D eigenvalue weighted by atomic mass is 10.2. The first-order valence-electron chi connectivity index (χ1n) is 8.62. The Morgan fingerprint density at radius 3 is 2.93 bits per heavy atom. The molecule has 8 heteroatoms. The molecule has 0 bridgehead atoms. The average Bonchev–Trinajstić information content (AvgIpc) is 3.20. The Balaban J connectivity index is 1.69. The van der Waals surface area contributed by atoms with Crippen LogP contribution < -0.4 is 10.1 Å². The number of hydrogen-bond acceptors (Lipinski definition) is 5. The number of carbonyl (C=O) groups is 1. The van der Waals surface area contributed by atoms with Gasteiger partial charge in [-0.15, -0.1) is 0 Å². The van der Waals surface area contributed by atoms with Gasteiger partial charge in [-0.3, -0.25) is 9.48 Å². The van der Waals surface area contributed by atoms with Crippen molar-refractivity contribution < 1.29 is 14.1 Å². The SMILES string of the molecule is CCn1ncc(Cl)c1CNC(=O)c1noc(C)c1COc1cccc(C)c1. The molecule has 2 aromatic heterocycles. The predicted molar refractivity (Wildman–Crippen MR) is 101 cm³/mol. The highest BCUT2D eigenvalue weighted by molar-refractivity contribution is 6.31. The van der Waals surface area contributed by atoms with Crippen molar-refractivity contribution in [2.24, 2.45) is 0 Å². The van der Waals surface area contributed by atoms with Gasteiger partial charge < -0.3 is 14.6 Å². The molecule has 0 aliphatic heterocycles. The normalized spacial score (nSPS) is 10.8. The number of hydrogen-bond donors (Lipinski definition) is 1. The van der Waals surface area contributed by atoms with E-state index >= 15 is 0 Å². The highest BCUT2D eigenvalue weighted by Gasteiger charge is 2.21. The number of halogens is 1. The van der Waals surface area contributed by atoms with Crippen LogP contribution in [-0.2, 0) is 19.7 Å². The number of aromatic nitrogens is 3. The van der Waals surface area contributed by atoms with Gasteiger partial charge in [0.2, 0.25) is 0 Å². The lowest BCUT2D eigenvalue weighted by Gasteiger charge is -2.09. The van der Waals surface area contributed by atoms with E-state index in [1.165, 1.54) is 0 Å². The molecule has 142 valence electrons. The molecule has 0 unspecified atom stereocenters. The number of benzene rings is 1. The smallest absolute Gasteiger partial charge is 0.274 e. The minimum atomic E-state index is -0.352. The summed E-state index contributed by atoms with van der Waals surface area (Å²) in [6.07, 6.45) is 1.56. The zero-order valence-electron chi connectivity index (χ0n) is 15.5. The van der Waals surface area contributed by atoms with Gasteiger partial charge in [0.05, 0.1) is 29.0 Å². The molecule has 0 aliphatic rings. The molecule has 27 heavy (non-hydrogen) atoms. The van der Waals surface area contributed by atoms with Crippen LogP contribution in [0.4, 0.5) is 0 Å². The van der Waals surface area contributed by atoms with Crippen molar-refractivity contribution >= 4 is 17.5 Å². The Labute approximate surface area is 162 Å². The van der Waals surface area contributed by atoms with E-state index in [1.807, 2.05) is 38.1 Å². The fourth-order valence-electron chi connectivity index (χ4n) is 2.68. The molecule has 0 radical (unpaired) electrons. The predicted octanol–water partition coefficient (Wildman–Crippen LogP) is 3.67. The van der Waals surface area contributed by atoms with E-state index in [-0.39, 0.29) is 24.8 Å². The van der Waals surface area contributed by atoms with Gasteiger partial charge in [-0.05, 0) is 38.5 Å². The van der Waals surface area contributed by atoms with Gasteiger partial charge in [-0.25, -0.2) is 0 Å². The highest BCUT2D eigenvalue weighted by Crippen LogP contribution is 2.19. The molecular formula is C19H21ClN4O3. The van der Waals surface area contributed by atoms with E-state index in [0.29, 0.717) is 22.9 Å². The van der Waals surface area contributed by atoms with E-state index in [1.54, 1.807) is 17.8 Å². The number of nitrogens with one attached hydrogen (secondary N) is 1. The van der Waals surface area contributed by atoms with Crippen LogP contribution in [0.3, 0.4) is 0 Å². The monoisotopic (exact) mass is 388 g/mol. The van der Waals surface area contributed by atoms with Gasteiger partial charge in [-0.1, -0.05) is 28.9 Å². The van der Waals surface area contributed by atoms with Crippen molar-refractivity contribution in [1.82, 2.24) is 20.3 Å². The largest absolute Gasteiger partial charge is 0.489 e. The third kappa shape index (κ3) is 4.31. The van der Waals surface area contributed by atoms with E-state index in [9.17, 15) is 4.79 Å². The van der Waals surface area contributed by atoms with Gasteiger partial charge in [-0.2, -0.15) is 5.10 Å². The molecule has 3 rings (SSSR count). The fraction of sp³-hybridized carbons (Fsp3) is 0.316. The number of rotatable bonds is 7. The van der Waals surface area contributed by atoms with Gasteiger partial charge >= 0.3 is 0 Å². The summed E-state index contributed by atoms with van der Waals surface area (Å²) in [4.78, 5) is 12.6. The van der Waals surface area contributed by atoms with Crippen molar-refractivity contribution in [1.29, 1.82) is 0 Å². The standard InChI is InChI=1S/C19H21ClN4O3/c1-4-24-17(16(20)9-22-24)10-21-19(25)18-15(13(3)27-23-18)11-26-14-7-5-6-12(2)8-14/h5-9H,4,10-11H2,1-3H3,(H,21,25). The molecule has 1 amide bonds. The number of carbonyl (C=O) groups excluding carboxylic acids is 1. The first kappa shape index (κ1) is 19.0. The summed E-state index contributed by atoms with van der Waals surface area (Å²) in [6, 6.07) is 7.70. The summed E-state index contributed by atoms with van der Waals surface area (Å²) < 4.78 is 12.7. The molecule has 0 saturated heterocycles. The zero-order valence-corrected chi connectivity index (χ0v) is 16.2. The van der Waals surface area contributed by atoms with Crippen LogP contribution in [0.1, 0.15) is 40.0 Å². The second-order valence-electron chi connectivity index (χ2n) is 6.11. The van der Waals surface area contributed by atoms with Crippen LogP contribution in [0.15, 0.2) is 35.0 Å². The summed E-state index contributed by atoms with van der Waals surface area (Å²) in [5.74, 6) is 0.916. The third-order valence-electron chi connectivity index (χ3n) is 4.19. The zero-order chi connectivity index (χ0) is 19.4. The van der Waals surface area contributed by atoms with Crippen molar-refractivity contribution in [3.63, 3.8) is 0 Å². The third-order valence-corrected chi connectivity index (χ3v) is 4.50. The quantitative estimate of drug-likeness (QED) is 0.667. The van der Waals surface area contributed by atoms with Crippen LogP contribution >= 0.6 is 11.6 Å². The molecule has 7 nitrogen and oxygen atoms in total. The minimum absolute atomic E-state index is 0.190. The highest BCUT2D eigenvalue weighted by atomic mass is 35.5. The van der Waals surface area contributed by atoms with Crippen LogP contribution in [0.2, 0.25) is 5.02 Å². The maximum Gasteiger partial charge on any atom is 0.274 e. The van der Waals surface area contributed by atoms with Crippen molar-refractivity contribution in [2.75, 3.05) is 0 Å². The molecule has 1 N–H and O–H groups in total. The Bertz CT molecular complexity index is 948. The Kier molecular flexibility index (Phi) is 5.81. The molecule has 0 saturated carbocycles. The van der Waals surface area contributed by atoms with Gasteiger partial charge in [0.25, 0.3) is 5.91 Å². The summed E-state index contributed by atoms with van der Waals surface area (Å²) in [6.45, 7) is 6.79. The molecule has 0 fully saturated rings. The van der Waals surface area contributed by atoms with E-state index in [0.717, 1.165) is 17.0 Å². The number of nitrogens with zero attached hydrogens (tertiary/aromatic N) is 3. The van der Waals surface area contributed by atoms with Gasteiger partial charge in [0.1, 0.15) is 18.1 Å². The van der Waals surface area contributed by atoms with Crippen LogP contribution in [-0.4, -0.2) is 20.8 Å². The number of aryl methyl sites for hydroxylation is 3. The van der Waals surface area contributed by atoms with Crippen LogP contribution in [0.5, 0.6) is 5.75 Å². The minimum Gasteiger partial charge on any atom is -0.489 e. The van der Waals surface area contributed by atoms with Crippen molar-refractivity contribution in [3.8, 4) is 5.75 Å². The second-order valence-corrected chi connectivity index (χ2v) is 6.52. The number of ether oxygens (including phenoxy) is 1. The lowest BCUT2D eigenvalue weighted by Crippen LogP contribution is -2.26. The van der Waals surface area contributed by atoms with E-state index in [4.69, 9.17) is 20.9 Å². The number of amides is 1. The Morgan fingerprint density at radius 2 is 2.19 bits per heavy atom. The Morgan fingerprint density at radius 1 is 1.37 bits per heavy atom. The maximum atomic E-state index is 12.6. The summed E-state index contributed by atoms with van der Waals surface area (Å²) in [7, 11) is 0. The van der Waals surface area contributed by atoms with Crippen LogP contribution in [0, 0.1) is 13.8 Å². The van der Waals surface area contributed by atoms with Crippen molar-refractivity contribution in [3.05, 3.63) is 63.8 Å². The summed E-state index contributed by atoms with van der Waals surface area (Å²) >= 11 is 6.13. The lowest BCUT2D eigenvalue weighted by molar-refractivity contribution is 0.0938. The topological polar surface area (TPSA) is 82.2 Å². The van der Waals surface area contributed by atoms with Gasteiger partial charge in [0.15, 0.2) is 5.69 Å². The average molecular weight is 389 g/mol. The second kappa shape index (κ2) is 8.26. The molecule has 3 aromatic rings. The summed E-state index contributed by atoms with van der Waals surface area (Å²) in [5.41, 5.74) is 2.66.